The van der Waals surface area contributed by atoms with Gasteiger partial charge in [0.25, 0.3) is 0 Å². The molecule has 1 aliphatic carbocycles. The molecule has 2 aliphatic rings. The highest BCUT2D eigenvalue weighted by atomic mass is 16.5. The van der Waals surface area contributed by atoms with Gasteiger partial charge in [-0.3, -0.25) is 19.3 Å². The molecule has 3 amide bonds. The highest BCUT2D eigenvalue weighted by Gasteiger charge is 2.64. The first-order chi connectivity index (χ1) is 13.2. The van der Waals surface area contributed by atoms with Gasteiger partial charge in [0.2, 0.25) is 17.7 Å². The van der Waals surface area contributed by atoms with Crippen molar-refractivity contribution in [3.63, 3.8) is 0 Å². The predicted molar refractivity (Wildman–Crippen MR) is 106 cm³/mol. The molecular formula is C22H30N2O4. The number of methoxy groups -OCH3 is 1. The van der Waals surface area contributed by atoms with Crippen LogP contribution in [0.25, 0.3) is 0 Å². The summed E-state index contributed by atoms with van der Waals surface area (Å²) < 4.78 is 5.17. The minimum absolute atomic E-state index is 0.183. The zero-order valence-corrected chi connectivity index (χ0v) is 17.4. The van der Waals surface area contributed by atoms with Crippen LogP contribution in [-0.2, 0) is 14.4 Å². The van der Waals surface area contributed by atoms with Crippen molar-refractivity contribution in [1.82, 2.24) is 10.2 Å². The third-order valence-electron chi connectivity index (χ3n) is 7.07. The number of carbonyl (C=O) groups excluding carboxylic acids is 3. The smallest absolute Gasteiger partial charge is 0.240 e. The Morgan fingerprint density at radius 3 is 2.46 bits per heavy atom. The SMILES string of the molecule is CC[C@H](NC(=O)CN1C(=O)[C@H]2CC[C@@](C)(C1=O)C2(C)C)c1ccc(OC)cc1. The third-order valence-corrected chi connectivity index (χ3v) is 7.07. The molecule has 0 radical (unpaired) electrons. The maximum atomic E-state index is 13.1. The fourth-order valence-electron chi connectivity index (χ4n) is 4.69. The van der Waals surface area contributed by atoms with Crippen LogP contribution in [0, 0.1) is 16.7 Å². The van der Waals surface area contributed by atoms with Crippen molar-refractivity contribution in [3.8, 4) is 5.75 Å². The van der Waals surface area contributed by atoms with Crippen molar-refractivity contribution in [3.05, 3.63) is 29.8 Å². The number of hydrogen-bond acceptors (Lipinski definition) is 4. The molecule has 152 valence electrons. The number of carbonyl (C=O) groups is 3. The van der Waals surface area contributed by atoms with Gasteiger partial charge < -0.3 is 10.1 Å². The molecule has 1 saturated heterocycles. The van der Waals surface area contributed by atoms with Crippen LogP contribution < -0.4 is 10.1 Å². The number of nitrogens with zero attached hydrogens (tertiary/aromatic N) is 1. The van der Waals surface area contributed by atoms with Crippen LogP contribution in [0.4, 0.5) is 0 Å². The molecule has 1 saturated carbocycles. The molecule has 1 aromatic rings. The molecule has 28 heavy (non-hydrogen) atoms. The molecule has 2 bridgehead atoms. The Hall–Kier alpha value is -2.37. The lowest BCUT2D eigenvalue weighted by atomic mass is 9.62. The standard InChI is InChI=1S/C22H30N2O4/c1-6-17(14-7-9-15(28-5)10-8-14)23-18(25)13-24-19(26)16-11-12-22(4,20(24)27)21(16,2)3/h7-10,16-17H,6,11-13H2,1-5H3,(H,23,25)/t16-,17+,22+/m1/s1. The van der Waals surface area contributed by atoms with Gasteiger partial charge in [-0.1, -0.05) is 39.8 Å². The Morgan fingerprint density at radius 1 is 1.25 bits per heavy atom. The van der Waals surface area contributed by atoms with Crippen molar-refractivity contribution in [2.45, 2.75) is 53.0 Å². The molecule has 6 nitrogen and oxygen atoms in total. The molecule has 1 heterocycles. The Labute approximate surface area is 166 Å². The number of likely N-dealkylation sites (tertiary alicyclic amines) is 1. The summed E-state index contributed by atoms with van der Waals surface area (Å²) in [7, 11) is 1.61. The number of nitrogens with one attached hydrogen (secondary N) is 1. The second-order valence-electron chi connectivity index (χ2n) is 8.68. The second-order valence-corrected chi connectivity index (χ2v) is 8.68. The highest BCUT2D eigenvalue weighted by molar-refractivity contribution is 6.06. The van der Waals surface area contributed by atoms with E-state index >= 15 is 0 Å². The quantitative estimate of drug-likeness (QED) is 0.763. The van der Waals surface area contributed by atoms with E-state index in [4.69, 9.17) is 4.74 Å². The molecule has 0 aromatic heterocycles. The highest BCUT2D eigenvalue weighted by Crippen LogP contribution is 2.59. The second kappa shape index (κ2) is 7.22. The summed E-state index contributed by atoms with van der Waals surface area (Å²) in [5.41, 5.74) is -0.00374. The minimum atomic E-state index is -0.591. The number of hydrogen-bond donors (Lipinski definition) is 1. The van der Waals surface area contributed by atoms with E-state index < -0.39 is 5.41 Å². The summed E-state index contributed by atoms with van der Waals surface area (Å²) in [6.45, 7) is 7.69. The van der Waals surface area contributed by atoms with E-state index in [1.165, 1.54) is 4.90 Å². The Morgan fingerprint density at radius 2 is 1.89 bits per heavy atom. The number of fused-ring (bicyclic) bond motifs is 2. The van der Waals surface area contributed by atoms with Crippen LogP contribution in [0.15, 0.2) is 24.3 Å². The lowest BCUT2D eigenvalue weighted by Crippen LogP contribution is -2.60. The maximum absolute atomic E-state index is 13.1. The molecule has 3 atom stereocenters. The monoisotopic (exact) mass is 386 g/mol. The zero-order chi connectivity index (χ0) is 20.7. The molecule has 1 N–H and O–H groups in total. The molecule has 3 rings (SSSR count). The van der Waals surface area contributed by atoms with E-state index in [-0.39, 0.29) is 41.6 Å². The fraction of sp³-hybridized carbons (Fsp3) is 0.591. The summed E-state index contributed by atoms with van der Waals surface area (Å²) in [4.78, 5) is 39.8. The summed E-state index contributed by atoms with van der Waals surface area (Å²) in [5.74, 6) is -0.194. The van der Waals surface area contributed by atoms with Gasteiger partial charge in [-0.2, -0.15) is 0 Å². The van der Waals surface area contributed by atoms with Crippen LogP contribution in [0.1, 0.15) is 58.6 Å². The summed E-state index contributed by atoms with van der Waals surface area (Å²) in [6.07, 6.45) is 2.10. The maximum Gasteiger partial charge on any atom is 0.240 e. The number of benzene rings is 1. The lowest BCUT2D eigenvalue weighted by Gasteiger charge is -2.47. The molecule has 2 fully saturated rings. The van der Waals surface area contributed by atoms with Crippen LogP contribution in [0.3, 0.4) is 0 Å². The van der Waals surface area contributed by atoms with Gasteiger partial charge in [0.1, 0.15) is 12.3 Å². The molecule has 6 heteroatoms. The number of piperidine rings is 1. The Balaban J connectivity index is 1.72. The van der Waals surface area contributed by atoms with Gasteiger partial charge in [-0.05, 0) is 42.4 Å². The van der Waals surface area contributed by atoms with Gasteiger partial charge in [0.15, 0.2) is 0 Å². The van der Waals surface area contributed by atoms with Gasteiger partial charge in [-0.25, -0.2) is 0 Å². The van der Waals surface area contributed by atoms with Gasteiger partial charge in [0.05, 0.1) is 18.6 Å². The molecular weight excluding hydrogens is 356 g/mol. The van der Waals surface area contributed by atoms with E-state index in [1.54, 1.807) is 7.11 Å². The van der Waals surface area contributed by atoms with Gasteiger partial charge in [0, 0.05) is 5.92 Å². The van der Waals surface area contributed by atoms with E-state index in [9.17, 15) is 14.4 Å². The number of rotatable bonds is 6. The first-order valence-electron chi connectivity index (χ1n) is 9.94. The molecule has 1 aliphatic heterocycles. The van der Waals surface area contributed by atoms with E-state index in [1.807, 2.05) is 52.0 Å². The van der Waals surface area contributed by atoms with Gasteiger partial charge in [-0.15, -0.1) is 0 Å². The largest absolute Gasteiger partial charge is 0.497 e. The lowest BCUT2D eigenvalue weighted by molar-refractivity contribution is -0.169. The molecule has 0 unspecified atom stereocenters. The van der Waals surface area contributed by atoms with Crippen LogP contribution in [0.2, 0.25) is 0 Å². The Bertz CT molecular complexity index is 786. The predicted octanol–water partition coefficient (Wildman–Crippen LogP) is 3.07. The van der Waals surface area contributed by atoms with E-state index in [0.717, 1.165) is 11.3 Å². The summed E-state index contributed by atoms with van der Waals surface area (Å²) in [5, 5.41) is 2.97. The zero-order valence-electron chi connectivity index (χ0n) is 17.4. The number of imide groups is 1. The normalized spacial score (nSPS) is 26.9. The van der Waals surface area contributed by atoms with Crippen LogP contribution in [0.5, 0.6) is 5.75 Å². The van der Waals surface area contributed by atoms with Gasteiger partial charge >= 0.3 is 0 Å². The van der Waals surface area contributed by atoms with Crippen molar-refractivity contribution in [1.29, 1.82) is 0 Å². The fourth-order valence-corrected chi connectivity index (χ4v) is 4.69. The van der Waals surface area contributed by atoms with E-state index in [0.29, 0.717) is 19.3 Å². The first-order valence-corrected chi connectivity index (χ1v) is 9.94. The summed E-state index contributed by atoms with van der Waals surface area (Å²) >= 11 is 0. The van der Waals surface area contributed by atoms with Crippen LogP contribution in [-0.4, -0.2) is 36.3 Å². The average molecular weight is 386 g/mol. The topological polar surface area (TPSA) is 75.7 Å². The average Bonchev–Trinajstić information content (AvgIpc) is 2.87. The van der Waals surface area contributed by atoms with Crippen molar-refractivity contribution in [2.24, 2.45) is 16.7 Å². The third kappa shape index (κ3) is 3.09. The molecule has 1 aromatic carbocycles. The van der Waals surface area contributed by atoms with Crippen molar-refractivity contribution >= 4 is 17.7 Å². The number of ether oxygens (including phenoxy) is 1. The van der Waals surface area contributed by atoms with Crippen molar-refractivity contribution < 1.29 is 19.1 Å². The van der Waals surface area contributed by atoms with Crippen molar-refractivity contribution in [2.75, 3.05) is 13.7 Å². The van der Waals surface area contributed by atoms with E-state index in [2.05, 4.69) is 5.32 Å². The Kier molecular flexibility index (Phi) is 5.26. The first kappa shape index (κ1) is 20.4. The number of amides is 3. The molecule has 0 spiro atoms. The summed E-state index contributed by atoms with van der Waals surface area (Å²) in [6, 6.07) is 7.34. The minimum Gasteiger partial charge on any atom is -0.497 e. The van der Waals surface area contributed by atoms with Crippen LogP contribution >= 0.6 is 0 Å².